The zero-order chi connectivity index (χ0) is 19.3. The van der Waals surface area contributed by atoms with Crippen molar-refractivity contribution in [2.75, 3.05) is 20.0 Å². The summed E-state index contributed by atoms with van der Waals surface area (Å²) in [4.78, 5) is 25.5. The molecule has 0 unspecified atom stereocenters. The van der Waals surface area contributed by atoms with Gasteiger partial charge in [0, 0.05) is 0 Å². The Morgan fingerprint density at radius 2 is 1.92 bits per heavy atom. The maximum absolute atomic E-state index is 11.5. The van der Waals surface area contributed by atoms with Gasteiger partial charge in [0.15, 0.2) is 21.8 Å². The SMILES string of the molecule is COc1cc(/C=C2\SC(=N)NC2=O)cc(OC)c1O.NC1=NC(=O)CS1. The average molecular weight is 396 g/mol. The second-order valence-corrected chi connectivity index (χ2v) is 6.85. The minimum Gasteiger partial charge on any atom is -0.502 e. The minimum atomic E-state index is -0.319. The Labute approximate surface area is 157 Å². The van der Waals surface area contributed by atoms with Gasteiger partial charge in [-0.05, 0) is 35.5 Å². The lowest BCUT2D eigenvalue weighted by Gasteiger charge is -2.09. The Kier molecular flexibility index (Phi) is 6.52. The third-order valence-corrected chi connectivity index (χ3v) is 4.65. The van der Waals surface area contributed by atoms with Crippen molar-refractivity contribution >= 4 is 51.7 Å². The Balaban J connectivity index is 0.000000290. The number of thioether (sulfide) groups is 2. The van der Waals surface area contributed by atoms with Gasteiger partial charge in [0.05, 0.1) is 24.9 Å². The first kappa shape index (κ1) is 19.7. The Bertz CT molecular complexity index is 797. The first-order valence-corrected chi connectivity index (χ1v) is 8.88. The van der Waals surface area contributed by atoms with Crippen LogP contribution in [0.15, 0.2) is 22.0 Å². The summed E-state index contributed by atoms with van der Waals surface area (Å²) in [5.41, 5.74) is 5.76. The van der Waals surface area contributed by atoms with Gasteiger partial charge in [-0.15, -0.1) is 0 Å². The smallest absolute Gasteiger partial charge is 0.264 e. The summed E-state index contributed by atoms with van der Waals surface area (Å²) >= 11 is 2.32. The molecular formula is C15H16N4O5S2. The molecule has 26 heavy (non-hydrogen) atoms. The van der Waals surface area contributed by atoms with E-state index in [9.17, 15) is 14.7 Å². The van der Waals surface area contributed by atoms with Crippen LogP contribution in [0.25, 0.3) is 6.08 Å². The molecule has 1 fully saturated rings. The number of ether oxygens (including phenoxy) is 2. The van der Waals surface area contributed by atoms with Gasteiger partial charge in [0.1, 0.15) is 0 Å². The highest BCUT2D eigenvalue weighted by Crippen LogP contribution is 2.38. The number of hydrogen-bond acceptors (Lipinski definition) is 9. The summed E-state index contributed by atoms with van der Waals surface area (Å²) in [6.07, 6.45) is 1.60. The zero-order valence-corrected chi connectivity index (χ0v) is 15.5. The summed E-state index contributed by atoms with van der Waals surface area (Å²) in [6, 6.07) is 3.17. The molecule has 0 aromatic heterocycles. The van der Waals surface area contributed by atoms with Crippen LogP contribution in [0.3, 0.4) is 0 Å². The highest BCUT2D eigenvalue weighted by Gasteiger charge is 2.22. The fourth-order valence-electron chi connectivity index (χ4n) is 1.91. The number of aliphatic imine (C=N–C) groups is 1. The van der Waals surface area contributed by atoms with Crippen LogP contribution in [0.1, 0.15) is 5.56 Å². The fraction of sp³-hybridized carbons (Fsp3) is 0.200. The number of amidine groups is 2. The third kappa shape index (κ3) is 4.92. The van der Waals surface area contributed by atoms with E-state index in [1.54, 1.807) is 18.2 Å². The number of phenols is 1. The molecule has 0 radical (unpaired) electrons. The molecule has 0 spiro atoms. The summed E-state index contributed by atoms with van der Waals surface area (Å²) in [5.74, 6) is 0.396. The van der Waals surface area contributed by atoms with Crippen LogP contribution in [0.5, 0.6) is 17.2 Å². The summed E-state index contributed by atoms with van der Waals surface area (Å²) < 4.78 is 10.1. The molecule has 1 aromatic rings. The molecule has 1 saturated heterocycles. The van der Waals surface area contributed by atoms with Crippen molar-refractivity contribution in [2.45, 2.75) is 0 Å². The van der Waals surface area contributed by atoms with Crippen LogP contribution in [-0.2, 0) is 9.59 Å². The number of nitrogens with one attached hydrogen (secondary N) is 2. The highest BCUT2D eigenvalue weighted by molar-refractivity contribution is 8.18. The monoisotopic (exact) mass is 396 g/mol. The molecule has 5 N–H and O–H groups in total. The van der Waals surface area contributed by atoms with Gasteiger partial charge in [-0.25, -0.2) is 0 Å². The lowest BCUT2D eigenvalue weighted by Crippen LogP contribution is -2.18. The van der Waals surface area contributed by atoms with E-state index < -0.39 is 0 Å². The van der Waals surface area contributed by atoms with Crippen LogP contribution in [0.4, 0.5) is 0 Å². The van der Waals surface area contributed by atoms with Crippen LogP contribution < -0.4 is 20.5 Å². The fourth-order valence-corrected chi connectivity index (χ4v) is 3.12. The normalized spacial score (nSPS) is 17.5. The number of amides is 2. The predicted octanol–water partition coefficient (Wildman–Crippen LogP) is 1.12. The molecule has 2 heterocycles. The molecule has 0 aliphatic carbocycles. The minimum absolute atomic E-state index is 0.0916. The van der Waals surface area contributed by atoms with Gasteiger partial charge >= 0.3 is 0 Å². The number of carbonyl (C=O) groups is 2. The van der Waals surface area contributed by atoms with Crippen LogP contribution in [0.2, 0.25) is 0 Å². The number of nitrogens with zero attached hydrogens (tertiary/aromatic N) is 1. The lowest BCUT2D eigenvalue weighted by atomic mass is 10.1. The molecule has 2 aliphatic rings. The number of benzene rings is 1. The third-order valence-electron chi connectivity index (χ3n) is 3.04. The molecule has 0 bridgehead atoms. The quantitative estimate of drug-likeness (QED) is 0.556. The lowest BCUT2D eigenvalue weighted by molar-refractivity contribution is -0.116. The molecule has 2 aliphatic heterocycles. The topological polar surface area (TPSA) is 147 Å². The van der Waals surface area contributed by atoms with Crippen molar-refractivity contribution in [1.82, 2.24) is 5.32 Å². The maximum atomic E-state index is 11.5. The number of nitrogens with two attached hydrogens (primary N) is 1. The van der Waals surface area contributed by atoms with Gasteiger partial charge in [0.25, 0.3) is 11.8 Å². The van der Waals surface area contributed by atoms with E-state index in [0.717, 1.165) is 11.8 Å². The number of methoxy groups -OCH3 is 2. The number of hydrogen-bond donors (Lipinski definition) is 4. The van der Waals surface area contributed by atoms with Crippen LogP contribution >= 0.6 is 23.5 Å². The molecule has 11 heteroatoms. The molecule has 3 rings (SSSR count). The van der Waals surface area contributed by atoms with Crippen molar-refractivity contribution in [3.8, 4) is 17.2 Å². The summed E-state index contributed by atoms with van der Waals surface area (Å²) in [5, 5.41) is 20.0. The molecule has 1 aromatic carbocycles. The Morgan fingerprint density at radius 1 is 1.31 bits per heavy atom. The number of carbonyl (C=O) groups excluding carboxylic acids is 2. The van der Waals surface area contributed by atoms with Crippen LogP contribution in [0, 0.1) is 5.41 Å². The van der Waals surface area contributed by atoms with E-state index in [-0.39, 0.29) is 34.2 Å². The van der Waals surface area contributed by atoms with E-state index in [2.05, 4.69) is 10.3 Å². The summed E-state index contributed by atoms with van der Waals surface area (Å²) in [6.45, 7) is 0. The number of aromatic hydroxyl groups is 1. The van der Waals surface area contributed by atoms with E-state index in [4.69, 9.17) is 20.6 Å². The molecule has 0 saturated carbocycles. The molecule has 9 nitrogen and oxygen atoms in total. The van der Waals surface area contributed by atoms with Crippen LogP contribution in [-0.4, -0.2) is 47.2 Å². The van der Waals surface area contributed by atoms with Gasteiger partial charge in [-0.2, -0.15) is 4.99 Å². The second-order valence-electron chi connectivity index (χ2n) is 4.80. The van der Waals surface area contributed by atoms with Gasteiger partial charge in [0.2, 0.25) is 5.75 Å². The van der Waals surface area contributed by atoms with Gasteiger partial charge in [-0.3, -0.25) is 15.0 Å². The first-order chi connectivity index (χ1) is 12.3. The number of phenolic OH excluding ortho intramolecular Hbond substituents is 1. The van der Waals surface area contributed by atoms with E-state index in [0.29, 0.717) is 21.4 Å². The van der Waals surface area contributed by atoms with Crippen molar-refractivity contribution in [3.05, 3.63) is 22.6 Å². The largest absolute Gasteiger partial charge is 0.502 e. The van der Waals surface area contributed by atoms with Crippen molar-refractivity contribution in [2.24, 2.45) is 10.7 Å². The Hall–Kier alpha value is -2.66. The van der Waals surface area contributed by atoms with Crippen molar-refractivity contribution in [1.29, 1.82) is 5.41 Å². The molecular weight excluding hydrogens is 380 g/mol. The van der Waals surface area contributed by atoms with E-state index in [1.165, 1.54) is 26.0 Å². The maximum Gasteiger partial charge on any atom is 0.264 e. The van der Waals surface area contributed by atoms with Crippen molar-refractivity contribution < 1.29 is 24.2 Å². The van der Waals surface area contributed by atoms with Gasteiger partial charge < -0.3 is 25.6 Å². The predicted molar refractivity (Wildman–Crippen MR) is 102 cm³/mol. The summed E-state index contributed by atoms with van der Waals surface area (Å²) in [7, 11) is 2.86. The first-order valence-electron chi connectivity index (χ1n) is 7.08. The van der Waals surface area contributed by atoms with E-state index >= 15 is 0 Å². The average Bonchev–Trinajstić information content (AvgIpc) is 3.13. The Morgan fingerprint density at radius 3 is 2.27 bits per heavy atom. The van der Waals surface area contributed by atoms with Crippen molar-refractivity contribution in [3.63, 3.8) is 0 Å². The second kappa shape index (κ2) is 8.63. The molecule has 138 valence electrons. The zero-order valence-electron chi connectivity index (χ0n) is 13.9. The molecule has 2 amide bonds. The molecule has 0 atom stereocenters. The standard InChI is InChI=1S/C12H12N2O4S.C3H4N2OS/c1-17-7-3-6(4-8(18-2)10(7)15)5-9-11(16)14-12(13)19-9;4-3-5-2(6)1-7-3/h3-5,15H,1-2H3,(H2,13,14,16);1H2,(H2,4,5,6)/b9-5-;. The highest BCUT2D eigenvalue weighted by atomic mass is 32.2. The van der Waals surface area contributed by atoms with Gasteiger partial charge in [-0.1, -0.05) is 11.8 Å². The van der Waals surface area contributed by atoms with E-state index in [1.807, 2.05) is 0 Å². The number of rotatable bonds is 3.